The standard InChI is InChI=1S/C5H6BO3S/c1-4-5(6-7)2-3-10(4,8)9/h2-3,7H,1H3. The lowest BCUT2D eigenvalue weighted by Gasteiger charge is -1.92. The summed E-state index contributed by atoms with van der Waals surface area (Å²) in [4.78, 5) is 0.204. The molecule has 0 bridgehead atoms. The van der Waals surface area contributed by atoms with Crippen LogP contribution in [0.2, 0.25) is 0 Å². The lowest BCUT2D eigenvalue weighted by atomic mass is 9.88. The van der Waals surface area contributed by atoms with Crippen molar-refractivity contribution >= 4 is 17.3 Å². The maximum atomic E-state index is 10.9. The van der Waals surface area contributed by atoms with E-state index in [4.69, 9.17) is 5.02 Å². The van der Waals surface area contributed by atoms with Crippen LogP contribution < -0.4 is 0 Å². The third kappa shape index (κ3) is 1.02. The Bertz CT molecular complexity index is 299. The fourth-order valence-electron chi connectivity index (χ4n) is 0.680. The molecule has 0 aromatic carbocycles. The lowest BCUT2D eigenvalue weighted by molar-refractivity contribution is 0.607. The zero-order chi connectivity index (χ0) is 7.78. The van der Waals surface area contributed by atoms with Gasteiger partial charge < -0.3 is 5.02 Å². The van der Waals surface area contributed by atoms with E-state index in [0.29, 0.717) is 5.47 Å². The van der Waals surface area contributed by atoms with Crippen molar-refractivity contribution in [3.05, 3.63) is 21.9 Å². The lowest BCUT2D eigenvalue weighted by Crippen LogP contribution is -1.97. The molecule has 1 heterocycles. The number of hydrogen-bond acceptors (Lipinski definition) is 3. The Hall–Kier alpha value is -0.545. The first-order valence-corrected chi connectivity index (χ1v) is 4.24. The predicted octanol–water partition coefficient (Wildman–Crippen LogP) is -0.228. The highest BCUT2D eigenvalue weighted by molar-refractivity contribution is 7.98. The Morgan fingerprint density at radius 3 is 2.40 bits per heavy atom. The van der Waals surface area contributed by atoms with Crippen molar-refractivity contribution in [3.8, 4) is 0 Å². The molecule has 1 N–H and O–H groups in total. The van der Waals surface area contributed by atoms with Gasteiger partial charge in [-0.2, -0.15) is 0 Å². The van der Waals surface area contributed by atoms with Crippen LogP contribution in [-0.2, 0) is 9.84 Å². The van der Waals surface area contributed by atoms with Crippen LogP contribution in [0.15, 0.2) is 21.9 Å². The molecule has 5 heteroatoms. The number of sulfone groups is 1. The highest BCUT2D eigenvalue weighted by Gasteiger charge is 2.19. The van der Waals surface area contributed by atoms with Crippen LogP contribution in [0.5, 0.6) is 0 Å². The molecule has 53 valence electrons. The van der Waals surface area contributed by atoms with Gasteiger partial charge in [0.1, 0.15) is 0 Å². The number of rotatable bonds is 1. The Balaban J connectivity index is 3.20. The molecule has 0 aliphatic carbocycles. The van der Waals surface area contributed by atoms with Crippen LogP contribution in [0.25, 0.3) is 0 Å². The SMILES string of the molecule is CC1=C([B]O)C=CS1(=O)=O. The molecular formula is C5H6BO3S. The van der Waals surface area contributed by atoms with Crippen molar-refractivity contribution in [1.29, 1.82) is 0 Å². The van der Waals surface area contributed by atoms with Gasteiger partial charge >= 0.3 is 7.48 Å². The third-order valence-corrected chi connectivity index (χ3v) is 2.98. The second kappa shape index (κ2) is 2.25. The monoisotopic (exact) mass is 157 g/mol. The van der Waals surface area contributed by atoms with Gasteiger partial charge in [0.2, 0.25) is 0 Å². The zero-order valence-corrected chi connectivity index (χ0v) is 6.22. The molecule has 0 spiro atoms. The molecule has 0 aromatic heterocycles. The summed E-state index contributed by atoms with van der Waals surface area (Å²) in [7, 11) is -2.39. The fraction of sp³-hybridized carbons (Fsp3) is 0.200. The summed E-state index contributed by atoms with van der Waals surface area (Å²) < 4.78 is 21.7. The number of hydrogen-bond donors (Lipinski definition) is 1. The summed E-state index contributed by atoms with van der Waals surface area (Å²) in [6.07, 6.45) is 1.37. The second-order valence-corrected chi connectivity index (χ2v) is 3.96. The molecule has 0 aromatic rings. The largest absolute Gasteiger partial charge is 0.450 e. The van der Waals surface area contributed by atoms with Gasteiger partial charge in [0.05, 0.1) is 0 Å². The quantitative estimate of drug-likeness (QED) is 0.535. The molecule has 0 fully saturated rings. The van der Waals surface area contributed by atoms with E-state index >= 15 is 0 Å². The molecule has 1 aliphatic rings. The fourth-order valence-corrected chi connectivity index (χ4v) is 1.66. The van der Waals surface area contributed by atoms with E-state index in [0.717, 1.165) is 12.9 Å². The van der Waals surface area contributed by atoms with Crippen molar-refractivity contribution in [2.45, 2.75) is 6.92 Å². The van der Waals surface area contributed by atoms with Gasteiger partial charge in [0, 0.05) is 10.3 Å². The highest BCUT2D eigenvalue weighted by Crippen LogP contribution is 2.20. The average molecular weight is 157 g/mol. The maximum Gasteiger partial charge on any atom is 0.327 e. The molecular weight excluding hydrogens is 151 g/mol. The van der Waals surface area contributed by atoms with Crippen molar-refractivity contribution in [2.24, 2.45) is 0 Å². The number of allylic oxidation sites excluding steroid dienone is 3. The van der Waals surface area contributed by atoms with Crippen molar-refractivity contribution in [3.63, 3.8) is 0 Å². The minimum atomic E-state index is -3.18. The van der Waals surface area contributed by atoms with Gasteiger partial charge in [-0.15, -0.1) is 0 Å². The molecule has 0 amide bonds. The van der Waals surface area contributed by atoms with Crippen molar-refractivity contribution in [1.82, 2.24) is 0 Å². The van der Waals surface area contributed by atoms with Gasteiger partial charge in [0.25, 0.3) is 0 Å². The molecule has 1 aliphatic heterocycles. The molecule has 10 heavy (non-hydrogen) atoms. The predicted molar refractivity (Wildman–Crippen MR) is 38.7 cm³/mol. The first kappa shape index (κ1) is 7.56. The maximum absolute atomic E-state index is 10.9. The first-order valence-electron chi connectivity index (χ1n) is 2.69. The van der Waals surface area contributed by atoms with Crippen LogP contribution in [0.4, 0.5) is 0 Å². The van der Waals surface area contributed by atoms with Gasteiger partial charge in [-0.3, -0.25) is 0 Å². The van der Waals surface area contributed by atoms with E-state index in [1.807, 2.05) is 0 Å². The van der Waals surface area contributed by atoms with Gasteiger partial charge in [-0.25, -0.2) is 8.42 Å². The summed E-state index contributed by atoms with van der Waals surface area (Å²) in [6.45, 7) is 1.46. The van der Waals surface area contributed by atoms with E-state index in [-0.39, 0.29) is 4.91 Å². The Morgan fingerprint density at radius 2 is 2.20 bits per heavy atom. The van der Waals surface area contributed by atoms with E-state index in [9.17, 15) is 8.42 Å². The zero-order valence-electron chi connectivity index (χ0n) is 5.40. The minimum Gasteiger partial charge on any atom is -0.450 e. The van der Waals surface area contributed by atoms with Crippen molar-refractivity contribution in [2.75, 3.05) is 0 Å². The van der Waals surface area contributed by atoms with Gasteiger partial charge in [-0.05, 0) is 12.4 Å². The summed E-state index contributed by atoms with van der Waals surface area (Å²) in [5.41, 5.74) is 0.361. The highest BCUT2D eigenvalue weighted by atomic mass is 32.2. The van der Waals surface area contributed by atoms with Gasteiger partial charge in [-0.1, -0.05) is 6.08 Å². The van der Waals surface area contributed by atoms with Gasteiger partial charge in [0.15, 0.2) is 9.84 Å². The van der Waals surface area contributed by atoms with Crippen LogP contribution in [-0.4, -0.2) is 20.9 Å². The van der Waals surface area contributed by atoms with Crippen LogP contribution in [0, 0.1) is 0 Å². The molecule has 0 unspecified atom stereocenters. The summed E-state index contributed by atoms with van der Waals surface area (Å²) in [5.74, 6) is 0. The Kier molecular flexibility index (Phi) is 1.70. The Morgan fingerprint density at radius 1 is 1.60 bits per heavy atom. The summed E-state index contributed by atoms with van der Waals surface area (Å²) >= 11 is 0. The van der Waals surface area contributed by atoms with E-state index < -0.39 is 9.84 Å². The smallest absolute Gasteiger partial charge is 0.327 e. The topological polar surface area (TPSA) is 54.4 Å². The molecule has 0 atom stereocenters. The first-order chi connectivity index (χ1) is 4.58. The summed E-state index contributed by atoms with van der Waals surface area (Å²) in [5, 5.41) is 9.54. The third-order valence-electron chi connectivity index (χ3n) is 1.40. The summed E-state index contributed by atoms with van der Waals surface area (Å²) in [6, 6.07) is 0. The molecule has 0 saturated carbocycles. The Labute approximate surface area is 60.3 Å². The van der Waals surface area contributed by atoms with Crippen molar-refractivity contribution < 1.29 is 13.4 Å². The van der Waals surface area contributed by atoms with E-state index in [1.54, 1.807) is 0 Å². The minimum absolute atomic E-state index is 0.204. The normalized spacial score (nSPS) is 21.8. The molecule has 1 rings (SSSR count). The average Bonchev–Trinajstić information content (AvgIpc) is 2.10. The molecule has 0 saturated heterocycles. The van der Waals surface area contributed by atoms with Crippen LogP contribution in [0.3, 0.4) is 0 Å². The van der Waals surface area contributed by atoms with Crippen LogP contribution in [0.1, 0.15) is 6.92 Å². The second-order valence-electron chi connectivity index (χ2n) is 1.99. The molecule has 3 nitrogen and oxygen atoms in total. The molecule has 1 radical (unpaired) electrons. The van der Waals surface area contributed by atoms with E-state index in [1.165, 1.54) is 13.0 Å². The van der Waals surface area contributed by atoms with Crippen LogP contribution >= 0.6 is 0 Å². The van der Waals surface area contributed by atoms with E-state index in [2.05, 4.69) is 0 Å².